The van der Waals surface area contributed by atoms with Crippen molar-refractivity contribution in [1.29, 1.82) is 0 Å². The molecule has 0 saturated heterocycles. The van der Waals surface area contributed by atoms with Gasteiger partial charge in [-0.2, -0.15) is 0 Å². The molecule has 0 heterocycles. The maximum absolute atomic E-state index is 10.1. The smallest absolute Gasteiger partial charge is 0.211 e. The average Bonchev–Trinajstić information content (AvgIpc) is 2.14. The van der Waals surface area contributed by atoms with Crippen LogP contribution in [0.15, 0.2) is 17.1 Å². The van der Waals surface area contributed by atoms with Crippen molar-refractivity contribution in [2.75, 3.05) is 6.54 Å². The summed E-state index contributed by atoms with van der Waals surface area (Å²) in [4.78, 5) is 13.9. The third-order valence-electron chi connectivity index (χ3n) is 3.72. The molecule has 1 aliphatic rings. The standard InChI is InChI=1S/C13H21NO/c1-10(2)12-5-6-13(4,7-11(12)3)8-14-9-15/h11-12H,1,5-8H2,2-4H3. The molecular formula is C13H21NO. The van der Waals surface area contributed by atoms with Crippen LogP contribution in [-0.4, -0.2) is 12.6 Å². The Labute approximate surface area is 92.5 Å². The van der Waals surface area contributed by atoms with Gasteiger partial charge in [0.25, 0.3) is 0 Å². The van der Waals surface area contributed by atoms with Crippen LogP contribution in [0.2, 0.25) is 0 Å². The molecule has 15 heavy (non-hydrogen) atoms. The number of hydrogen-bond acceptors (Lipinski definition) is 2. The second-order valence-corrected chi connectivity index (χ2v) is 5.39. The lowest BCUT2D eigenvalue weighted by Gasteiger charge is -2.40. The van der Waals surface area contributed by atoms with E-state index >= 15 is 0 Å². The van der Waals surface area contributed by atoms with Crippen LogP contribution >= 0.6 is 0 Å². The molecular weight excluding hydrogens is 186 g/mol. The molecule has 1 rings (SSSR count). The van der Waals surface area contributed by atoms with Gasteiger partial charge >= 0.3 is 0 Å². The minimum Gasteiger partial charge on any atom is -0.211 e. The summed E-state index contributed by atoms with van der Waals surface area (Å²) < 4.78 is 0. The second-order valence-electron chi connectivity index (χ2n) is 5.39. The zero-order chi connectivity index (χ0) is 11.5. The van der Waals surface area contributed by atoms with Gasteiger partial charge in [-0.25, -0.2) is 9.79 Å². The highest BCUT2D eigenvalue weighted by Gasteiger charge is 2.35. The first-order valence-electron chi connectivity index (χ1n) is 5.67. The molecule has 0 spiro atoms. The molecule has 0 aromatic heterocycles. The summed E-state index contributed by atoms with van der Waals surface area (Å²) in [5.41, 5.74) is 1.49. The van der Waals surface area contributed by atoms with E-state index in [1.165, 1.54) is 12.0 Å². The van der Waals surface area contributed by atoms with Crippen molar-refractivity contribution in [2.45, 2.75) is 40.0 Å². The van der Waals surface area contributed by atoms with Crippen LogP contribution in [0.5, 0.6) is 0 Å². The topological polar surface area (TPSA) is 29.4 Å². The predicted octanol–water partition coefficient (Wildman–Crippen LogP) is 3.34. The minimum absolute atomic E-state index is 0.197. The van der Waals surface area contributed by atoms with Gasteiger partial charge < -0.3 is 0 Å². The van der Waals surface area contributed by atoms with E-state index in [9.17, 15) is 4.79 Å². The van der Waals surface area contributed by atoms with Crippen molar-refractivity contribution in [3.05, 3.63) is 12.2 Å². The summed E-state index contributed by atoms with van der Waals surface area (Å²) in [5, 5.41) is 0. The van der Waals surface area contributed by atoms with E-state index in [-0.39, 0.29) is 5.41 Å². The lowest BCUT2D eigenvalue weighted by Crippen LogP contribution is -2.33. The SMILES string of the molecule is C=C(C)C1CCC(C)(CN=C=O)CC1C. The van der Waals surface area contributed by atoms with Crippen LogP contribution in [0, 0.1) is 17.3 Å². The lowest BCUT2D eigenvalue weighted by molar-refractivity contribution is 0.138. The first-order chi connectivity index (χ1) is 6.98. The summed E-state index contributed by atoms with van der Waals surface area (Å²) in [5.74, 6) is 1.31. The lowest BCUT2D eigenvalue weighted by atomic mass is 9.65. The monoisotopic (exact) mass is 207 g/mol. The average molecular weight is 207 g/mol. The van der Waals surface area contributed by atoms with Gasteiger partial charge in [0, 0.05) is 0 Å². The van der Waals surface area contributed by atoms with Crippen LogP contribution < -0.4 is 0 Å². The Morgan fingerprint density at radius 2 is 2.33 bits per heavy atom. The molecule has 0 N–H and O–H groups in total. The summed E-state index contributed by atoms with van der Waals surface area (Å²) in [7, 11) is 0. The highest BCUT2D eigenvalue weighted by atomic mass is 16.1. The molecule has 1 saturated carbocycles. The molecule has 3 unspecified atom stereocenters. The molecule has 0 bridgehead atoms. The van der Waals surface area contributed by atoms with E-state index in [2.05, 4.69) is 32.3 Å². The molecule has 1 aliphatic carbocycles. The largest absolute Gasteiger partial charge is 0.234 e. The van der Waals surface area contributed by atoms with Gasteiger partial charge in [-0.1, -0.05) is 26.0 Å². The summed E-state index contributed by atoms with van der Waals surface area (Å²) >= 11 is 0. The predicted molar refractivity (Wildman–Crippen MR) is 62.4 cm³/mol. The fourth-order valence-corrected chi connectivity index (χ4v) is 2.91. The first kappa shape index (κ1) is 12.2. The molecule has 84 valence electrons. The Hall–Kier alpha value is -0.880. The van der Waals surface area contributed by atoms with E-state index in [1.807, 2.05) is 0 Å². The summed E-state index contributed by atoms with van der Waals surface area (Å²) in [6.45, 7) is 11.3. The molecule has 0 aromatic carbocycles. The number of nitrogens with zero attached hydrogens (tertiary/aromatic N) is 1. The number of aliphatic imine (C=N–C) groups is 1. The van der Waals surface area contributed by atoms with E-state index < -0.39 is 0 Å². The van der Waals surface area contributed by atoms with Crippen molar-refractivity contribution < 1.29 is 4.79 Å². The first-order valence-corrected chi connectivity index (χ1v) is 5.67. The third-order valence-corrected chi connectivity index (χ3v) is 3.72. The Kier molecular flexibility index (Phi) is 3.87. The van der Waals surface area contributed by atoms with Crippen molar-refractivity contribution in [1.82, 2.24) is 0 Å². The Balaban J connectivity index is 2.63. The number of hydrogen-bond donors (Lipinski definition) is 0. The molecule has 3 atom stereocenters. The summed E-state index contributed by atoms with van der Waals surface area (Å²) in [6, 6.07) is 0. The zero-order valence-corrected chi connectivity index (χ0v) is 10.0. The highest BCUT2D eigenvalue weighted by Crippen LogP contribution is 2.44. The number of isocyanates is 1. The fraction of sp³-hybridized carbons (Fsp3) is 0.769. The van der Waals surface area contributed by atoms with Gasteiger partial charge in [0.1, 0.15) is 0 Å². The molecule has 0 amide bonds. The van der Waals surface area contributed by atoms with Gasteiger partial charge in [-0.15, -0.1) is 0 Å². The number of allylic oxidation sites excluding steroid dienone is 1. The van der Waals surface area contributed by atoms with Crippen molar-refractivity contribution in [3.63, 3.8) is 0 Å². The van der Waals surface area contributed by atoms with Crippen LogP contribution in [0.4, 0.5) is 0 Å². The van der Waals surface area contributed by atoms with Crippen LogP contribution in [0.1, 0.15) is 40.0 Å². The van der Waals surface area contributed by atoms with Gasteiger partial charge in [0.15, 0.2) is 0 Å². The van der Waals surface area contributed by atoms with Crippen LogP contribution in [-0.2, 0) is 4.79 Å². The molecule has 0 aromatic rings. The van der Waals surface area contributed by atoms with Gasteiger partial charge in [0.05, 0.1) is 6.54 Å². The van der Waals surface area contributed by atoms with Crippen LogP contribution in [0.25, 0.3) is 0 Å². The number of rotatable bonds is 3. The van der Waals surface area contributed by atoms with Crippen molar-refractivity contribution in [3.8, 4) is 0 Å². The molecule has 1 fully saturated rings. The molecule has 2 heteroatoms. The highest BCUT2D eigenvalue weighted by molar-refractivity contribution is 5.33. The van der Waals surface area contributed by atoms with Gasteiger partial charge in [0.2, 0.25) is 6.08 Å². The fourth-order valence-electron chi connectivity index (χ4n) is 2.91. The number of carbonyl (C=O) groups excluding carboxylic acids is 1. The Morgan fingerprint density at radius 1 is 1.67 bits per heavy atom. The quantitative estimate of drug-likeness (QED) is 0.396. The maximum Gasteiger partial charge on any atom is 0.234 e. The second kappa shape index (κ2) is 4.76. The van der Waals surface area contributed by atoms with Gasteiger partial charge in [-0.3, -0.25) is 0 Å². The summed E-state index contributed by atoms with van der Waals surface area (Å²) in [6.07, 6.45) is 5.10. The zero-order valence-electron chi connectivity index (χ0n) is 10.0. The third kappa shape index (κ3) is 3.04. The van der Waals surface area contributed by atoms with E-state index in [0.717, 1.165) is 12.8 Å². The molecule has 0 radical (unpaired) electrons. The Bertz CT molecular complexity index is 291. The molecule has 2 nitrogen and oxygen atoms in total. The van der Waals surface area contributed by atoms with E-state index in [0.29, 0.717) is 18.4 Å². The van der Waals surface area contributed by atoms with Gasteiger partial charge in [-0.05, 0) is 43.4 Å². The normalized spacial score (nSPS) is 35.7. The maximum atomic E-state index is 10.1. The molecule has 0 aliphatic heterocycles. The van der Waals surface area contributed by atoms with E-state index in [1.54, 1.807) is 6.08 Å². The van der Waals surface area contributed by atoms with E-state index in [4.69, 9.17) is 0 Å². The van der Waals surface area contributed by atoms with Crippen molar-refractivity contribution >= 4 is 6.08 Å². The van der Waals surface area contributed by atoms with Crippen LogP contribution in [0.3, 0.4) is 0 Å². The van der Waals surface area contributed by atoms with Crippen molar-refractivity contribution in [2.24, 2.45) is 22.2 Å². The Morgan fingerprint density at radius 3 is 2.80 bits per heavy atom. The minimum atomic E-state index is 0.197.